The van der Waals surface area contributed by atoms with Gasteiger partial charge in [-0.1, -0.05) is 43.3 Å². The van der Waals surface area contributed by atoms with E-state index in [0.29, 0.717) is 23.0 Å². The summed E-state index contributed by atoms with van der Waals surface area (Å²) in [5.41, 5.74) is 1.96. The van der Waals surface area contributed by atoms with Gasteiger partial charge in [0.05, 0.1) is 5.56 Å². The van der Waals surface area contributed by atoms with Gasteiger partial charge in [0.25, 0.3) is 5.91 Å². The van der Waals surface area contributed by atoms with Crippen LogP contribution in [0.1, 0.15) is 30.9 Å². The molecule has 24 heavy (non-hydrogen) atoms. The van der Waals surface area contributed by atoms with Gasteiger partial charge in [0.15, 0.2) is 5.71 Å². The molecule has 0 bridgehead atoms. The topological polar surface area (TPSA) is 59.9 Å². The summed E-state index contributed by atoms with van der Waals surface area (Å²) >= 11 is 0. The van der Waals surface area contributed by atoms with Crippen LogP contribution in [-0.2, 0) is 9.63 Å². The van der Waals surface area contributed by atoms with E-state index in [1.54, 1.807) is 19.2 Å². The maximum atomic E-state index is 12.0. The molecular formula is C19H22N2O3. The minimum atomic E-state index is -0.344. The fourth-order valence-corrected chi connectivity index (χ4v) is 2.22. The van der Waals surface area contributed by atoms with Crippen molar-refractivity contribution in [3.8, 4) is 11.5 Å². The molecule has 0 aliphatic carbocycles. The molecule has 5 nitrogen and oxygen atoms in total. The minimum absolute atomic E-state index is 0.161. The molecule has 0 spiro atoms. The van der Waals surface area contributed by atoms with Crippen LogP contribution in [0.25, 0.3) is 0 Å². The zero-order valence-electron chi connectivity index (χ0n) is 14.4. The van der Waals surface area contributed by atoms with Gasteiger partial charge in [-0.05, 0) is 35.7 Å². The molecule has 0 unspecified atom stereocenters. The van der Waals surface area contributed by atoms with Crippen LogP contribution in [0.15, 0.2) is 53.7 Å². The molecule has 1 N–H and O–H groups in total. The predicted molar refractivity (Wildman–Crippen MR) is 94.7 cm³/mol. The number of benzene rings is 2. The van der Waals surface area contributed by atoms with Crippen LogP contribution in [0, 0.1) is 0 Å². The summed E-state index contributed by atoms with van der Waals surface area (Å²) < 4.78 is 5.95. The Morgan fingerprint density at radius 3 is 2.33 bits per heavy atom. The predicted octanol–water partition coefficient (Wildman–Crippen LogP) is 3.70. The number of rotatable bonds is 6. The number of nitrogens with one attached hydrogen (secondary N) is 1. The Balaban J connectivity index is 2.34. The number of likely N-dealkylation sites (N-methyl/N-ethyl adjacent to an activating group) is 1. The number of carbonyl (C=O) groups is 1. The molecule has 2 aromatic rings. The fourth-order valence-electron chi connectivity index (χ4n) is 2.22. The maximum Gasteiger partial charge on any atom is 0.273 e. The van der Waals surface area contributed by atoms with E-state index >= 15 is 0 Å². The summed E-state index contributed by atoms with van der Waals surface area (Å²) in [5.74, 6) is 1.35. The highest BCUT2D eigenvalue weighted by Gasteiger charge is 2.18. The van der Waals surface area contributed by atoms with Crippen molar-refractivity contribution in [3.63, 3.8) is 0 Å². The molecule has 0 atom stereocenters. The molecule has 0 aliphatic heterocycles. The third-order valence-electron chi connectivity index (χ3n) is 3.54. The van der Waals surface area contributed by atoms with E-state index in [1.807, 2.05) is 36.4 Å². The van der Waals surface area contributed by atoms with E-state index in [2.05, 4.69) is 24.3 Å². The molecule has 0 heterocycles. The van der Waals surface area contributed by atoms with E-state index in [-0.39, 0.29) is 11.6 Å². The van der Waals surface area contributed by atoms with Gasteiger partial charge in [0.2, 0.25) is 0 Å². The molecule has 0 saturated carbocycles. The lowest BCUT2D eigenvalue weighted by molar-refractivity contribution is -0.114. The first-order chi connectivity index (χ1) is 11.6. The Morgan fingerprint density at radius 1 is 1.08 bits per heavy atom. The summed E-state index contributed by atoms with van der Waals surface area (Å²) in [4.78, 5) is 16.8. The molecule has 0 fully saturated rings. The molecule has 0 aliphatic rings. The second-order valence-corrected chi connectivity index (χ2v) is 5.52. The van der Waals surface area contributed by atoms with Crippen LogP contribution in [0.3, 0.4) is 0 Å². The van der Waals surface area contributed by atoms with Crippen LogP contribution in [0.2, 0.25) is 0 Å². The zero-order chi connectivity index (χ0) is 17.5. The molecule has 0 saturated heterocycles. The van der Waals surface area contributed by atoms with E-state index in [1.165, 1.54) is 12.7 Å². The first-order valence-corrected chi connectivity index (χ1v) is 7.77. The van der Waals surface area contributed by atoms with Crippen LogP contribution in [-0.4, -0.2) is 25.8 Å². The number of nitrogens with zero attached hydrogens (tertiary/aromatic N) is 1. The van der Waals surface area contributed by atoms with Gasteiger partial charge in [0.1, 0.15) is 18.6 Å². The van der Waals surface area contributed by atoms with Gasteiger partial charge in [0, 0.05) is 7.05 Å². The van der Waals surface area contributed by atoms with Crippen molar-refractivity contribution in [2.75, 3.05) is 14.2 Å². The SMILES string of the molecule is CNC(=O)C(=NOC)c1ccccc1Oc1ccc(C(C)C)cc1. The van der Waals surface area contributed by atoms with Crippen molar-refractivity contribution in [1.82, 2.24) is 5.32 Å². The Hall–Kier alpha value is -2.82. The third-order valence-corrected chi connectivity index (χ3v) is 3.54. The molecule has 2 rings (SSSR count). The summed E-state index contributed by atoms with van der Waals surface area (Å²) in [6, 6.07) is 15.1. The average molecular weight is 326 g/mol. The highest BCUT2D eigenvalue weighted by Crippen LogP contribution is 2.27. The molecular weight excluding hydrogens is 304 g/mol. The van der Waals surface area contributed by atoms with Gasteiger partial charge in [-0.3, -0.25) is 4.79 Å². The van der Waals surface area contributed by atoms with Crippen LogP contribution in [0.4, 0.5) is 0 Å². The number of para-hydroxylation sites is 1. The Bertz CT molecular complexity index is 722. The van der Waals surface area contributed by atoms with Gasteiger partial charge < -0.3 is 14.9 Å². The van der Waals surface area contributed by atoms with Crippen molar-refractivity contribution in [1.29, 1.82) is 0 Å². The first-order valence-electron chi connectivity index (χ1n) is 7.77. The molecule has 126 valence electrons. The van der Waals surface area contributed by atoms with E-state index in [0.717, 1.165) is 0 Å². The lowest BCUT2D eigenvalue weighted by Gasteiger charge is -2.13. The highest BCUT2D eigenvalue weighted by atomic mass is 16.6. The van der Waals surface area contributed by atoms with E-state index in [4.69, 9.17) is 9.57 Å². The number of oxime groups is 1. The summed E-state index contributed by atoms with van der Waals surface area (Å²) in [6.45, 7) is 4.28. The standard InChI is InChI=1S/C19H22N2O3/c1-13(2)14-9-11-15(12-10-14)24-17-8-6-5-7-16(17)18(21-23-4)19(22)20-3/h5-13H,1-4H3,(H,20,22). The second kappa shape index (κ2) is 8.15. The van der Waals surface area contributed by atoms with Crippen LogP contribution >= 0.6 is 0 Å². The Labute approximate surface area is 142 Å². The lowest BCUT2D eigenvalue weighted by atomic mass is 10.0. The van der Waals surface area contributed by atoms with E-state index in [9.17, 15) is 4.79 Å². The molecule has 5 heteroatoms. The number of ether oxygens (including phenoxy) is 1. The van der Waals surface area contributed by atoms with Crippen molar-refractivity contribution in [2.45, 2.75) is 19.8 Å². The second-order valence-electron chi connectivity index (χ2n) is 5.52. The van der Waals surface area contributed by atoms with Gasteiger partial charge in [-0.25, -0.2) is 0 Å². The maximum absolute atomic E-state index is 12.0. The smallest absolute Gasteiger partial charge is 0.273 e. The average Bonchev–Trinajstić information content (AvgIpc) is 2.60. The van der Waals surface area contributed by atoms with E-state index < -0.39 is 0 Å². The van der Waals surface area contributed by atoms with Crippen molar-refractivity contribution in [2.24, 2.45) is 5.16 Å². The van der Waals surface area contributed by atoms with Crippen molar-refractivity contribution < 1.29 is 14.4 Å². The monoisotopic (exact) mass is 326 g/mol. The van der Waals surface area contributed by atoms with Crippen LogP contribution in [0.5, 0.6) is 11.5 Å². The number of hydrogen-bond donors (Lipinski definition) is 1. The molecule has 1 amide bonds. The summed E-state index contributed by atoms with van der Waals surface area (Å²) in [5, 5.41) is 6.38. The van der Waals surface area contributed by atoms with Gasteiger partial charge in [-0.2, -0.15) is 0 Å². The number of carbonyl (C=O) groups excluding carboxylic acids is 1. The molecule has 0 aromatic heterocycles. The Kier molecular flexibility index (Phi) is 5.95. The summed E-state index contributed by atoms with van der Waals surface area (Å²) in [6.07, 6.45) is 0. The number of amides is 1. The first kappa shape index (κ1) is 17.5. The van der Waals surface area contributed by atoms with Gasteiger partial charge in [-0.15, -0.1) is 0 Å². The molecule has 0 radical (unpaired) electrons. The normalized spacial score (nSPS) is 11.3. The van der Waals surface area contributed by atoms with Gasteiger partial charge >= 0.3 is 0 Å². The highest BCUT2D eigenvalue weighted by molar-refractivity contribution is 6.45. The fraction of sp³-hybridized carbons (Fsp3) is 0.263. The van der Waals surface area contributed by atoms with Crippen molar-refractivity contribution >= 4 is 11.6 Å². The summed E-state index contributed by atoms with van der Waals surface area (Å²) in [7, 11) is 2.94. The quantitative estimate of drug-likeness (QED) is 0.650. The zero-order valence-corrected chi connectivity index (χ0v) is 14.4. The molecule has 2 aromatic carbocycles. The van der Waals surface area contributed by atoms with Crippen LogP contribution < -0.4 is 10.1 Å². The number of hydrogen-bond acceptors (Lipinski definition) is 4. The lowest BCUT2D eigenvalue weighted by Crippen LogP contribution is -2.28. The third kappa shape index (κ3) is 4.13. The minimum Gasteiger partial charge on any atom is -0.457 e. The Morgan fingerprint density at radius 2 is 1.75 bits per heavy atom. The largest absolute Gasteiger partial charge is 0.457 e. The van der Waals surface area contributed by atoms with Crippen molar-refractivity contribution in [3.05, 3.63) is 59.7 Å².